The second kappa shape index (κ2) is 5.09. The van der Waals surface area contributed by atoms with Crippen molar-refractivity contribution in [2.24, 2.45) is 0 Å². The average molecular weight is 202 g/mol. The van der Waals surface area contributed by atoms with Crippen LogP contribution < -0.4 is 0 Å². The molecule has 0 amide bonds. The lowest BCUT2D eigenvalue weighted by Gasteiger charge is -2.28. The largest absolute Gasteiger partial charge is 0.463 e. The Morgan fingerprint density at radius 3 is 2.86 bits per heavy atom. The molecule has 14 heavy (non-hydrogen) atoms. The molecule has 0 saturated heterocycles. The van der Waals surface area contributed by atoms with Gasteiger partial charge in [0.25, 0.3) is 0 Å². The molecule has 0 fully saturated rings. The normalized spacial score (nSPS) is 31.5. The monoisotopic (exact) mass is 202 g/mol. The third kappa shape index (κ3) is 3.10. The molecule has 80 valence electrons. The van der Waals surface area contributed by atoms with E-state index in [2.05, 4.69) is 0 Å². The van der Waals surface area contributed by atoms with Crippen molar-refractivity contribution in [1.29, 1.82) is 0 Å². The van der Waals surface area contributed by atoms with Gasteiger partial charge in [0.1, 0.15) is 18.8 Å². The molecule has 1 N–H and O–H groups in total. The SMILES string of the molecule is CO[C@@H]1C=C[C@H](O)[C@@H](COC(C)=O)O1. The first-order chi connectivity index (χ1) is 6.63. The minimum Gasteiger partial charge on any atom is -0.463 e. The van der Waals surface area contributed by atoms with Crippen molar-refractivity contribution >= 4 is 5.97 Å². The van der Waals surface area contributed by atoms with Crippen LogP contribution in [-0.2, 0) is 19.0 Å². The van der Waals surface area contributed by atoms with Crippen molar-refractivity contribution in [3.8, 4) is 0 Å². The van der Waals surface area contributed by atoms with Gasteiger partial charge in [0, 0.05) is 14.0 Å². The fourth-order valence-electron chi connectivity index (χ4n) is 1.10. The van der Waals surface area contributed by atoms with Crippen molar-refractivity contribution in [3.63, 3.8) is 0 Å². The summed E-state index contributed by atoms with van der Waals surface area (Å²) in [6.45, 7) is 1.33. The van der Waals surface area contributed by atoms with Crippen molar-refractivity contribution < 1.29 is 24.1 Å². The number of ether oxygens (including phenoxy) is 3. The van der Waals surface area contributed by atoms with E-state index in [1.165, 1.54) is 14.0 Å². The van der Waals surface area contributed by atoms with Gasteiger partial charge in [0.05, 0.1) is 0 Å². The molecule has 0 bridgehead atoms. The van der Waals surface area contributed by atoms with Gasteiger partial charge in [-0.05, 0) is 6.08 Å². The second-order valence-corrected chi connectivity index (χ2v) is 2.96. The number of methoxy groups -OCH3 is 1. The zero-order chi connectivity index (χ0) is 10.6. The molecule has 1 rings (SSSR count). The molecule has 0 saturated carbocycles. The van der Waals surface area contributed by atoms with Crippen LogP contribution in [0.1, 0.15) is 6.92 Å². The van der Waals surface area contributed by atoms with E-state index in [1.807, 2.05) is 0 Å². The number of aliphatic hydroxyl groups is 1. The predicted octanol–water partition coefficient (Wildman–Crippen LogP) is -0.162. The number of carbonyl (C=O) groups is 1. The molecule has 1 aliphatic heterocycles. The molecular formula is C9H14O5. The highest BCUT2D eigenvalue weighted by Crippen LogP contribution is 2.13. The minimum atomic E-state index is -0.763. The molecule has 0 aromatic heterocycles. The van der Waals surface area contributed by atoms with Gasteiger partial charge in [-0.25, -0.2) is 0 Å². The molecule has 0 radical (unpaired) electrons. The van der Waals surface area contributed by atoms with Gasteiger partial charge >= 0.3 is 5.97 Å². The molecule has 5 nitrogen and oxygen atoms in total. The van der Waals surface area contributed by atoms with Crippen LogP contribution in [-0.4, -0.2) is 43.3 Å². The van der Waals surface area contributed by atoms with E-state index < -0.39 is 24.5 Å². The van der Waals surface area contributed by atoms with Crippen LogP contribution in [0.25, 0.3) is 0 Å². The van der Waals surface area contributed by atoms with Crippen LogP contribution >= 0.6 is 0 Å². The summed E-state index contributed by atoms with van der Waals surface area (Å²) in [4.78, 5) is 10.5. The van der Waals surface area contributed by atoms with E-state index in [9.17, 15) is 9.90 Å². The van der Waals surface area contributed by atoms with E-state index in [1.54, 1.807) is 12.2 Å². The van der Waals surface area contributed by atoms with Crippen LogP contribution in [0.5, 0.6) is 0 Å². The molecular weight excluding hydrogens is 188 g/mol. The summed E-state index contributed by atoms with van der Waals surface area (Å²) in [5.41, 5.74) is 0. The summed E-state index contributed by atoms with van der Waals surface area (Å²) in [5, 5.41) is 9.44. The van der Waals surface area contributed by atoms with Gasteiger partial charge in [0.15, 0.2) is 6.29 Å². The van der Waals surface area contributed by atoms with Gasteiger partial charge in [-0.3, -0.25) is 4.79 Å². The number of aliphatic hydroxyl groups excluding tert-OH is 1. The maximum Gasteiger partial charge on any atom is 0.302 e. The number of esters is 1. The Labute approximate surface area is 82.3 Å². The van der Waals surface area contributed by atoms with Gasteiger partial charge in [-0.1, -0.05) is 6.08 Å². The molecule has 1 aliphatic rings. The first kappa shape index (κ1) is 11.2. The first-order valence-corrected chi connectivity index (χ1v) is 4.31. The molecule has 5 heteroatoms. The fourth-order valence-corrected chi connectivity index (χ4v) is 1.10. The Balaban J connectivity index is 2.44. The molecule has 0 aromatic rings. The van der Waals surface area contributed by atoms with E-state index in [0.29, 0.717) is 0 Å². The van der Waals surface area contributed by atoms with Crippen LogP contribution in [0.3, 0.4) is 0 Å². The van der Waals surface area contributed by atoms with Gasteiger partial charge in [0.2, 0.25) is 0 Å². The predicted molar refractivity (Wildman–Crippen MR) is 47.4 cm³/mol. The summed E-state index contributed by atoms with van der Waals surface area (Å²) in [5.74, 6) is -0.399. The topological polar surface area (TPSA) is 65.0 Å². The maximum absolute atomic E-state index is 10.5. The molecule has 0 aliphatic carbocycles. The first-order valence-electron chi connectivity index (χ1n) is 4.31. The minimum absolute atomic E-state index is 0.0285. The van der Waals surface area contributed by atoms with E-state index in [-0.39, 0.29) is 6.61 Å². The lowest BCUT2D eigenvalue weighted by atomic mass is 10.1. The molecule has 3 atom stereocenters. The summed E-state index contributed by atoms with van der Waals surface area (Å²) in [6.07, 6.45) is 1.36. The Hall–Kier alpha value is -0.910. The lowest BCUT2D eigenvalue weighted by molar-refractivity contribution is -0.179. The van der Waals surface area contributed by atoms with Gasteiger partial charge in [-0.2, -0.15) is 0 Å². The number of hydrogen-bond donors (Lipinski definition) is 1. The van der Waals surface area contributed by atoms with Crippen LogP contribution in [0, 0.1) is 0 Å². The fraction of sp³-hybridized carbons (Fsp3) is 0.667. The molecule has 0 aromatic carbocycles. The standard InChI is InChI=1S/C9H14O5/c1-6(10)13-5-8-7(11)3-4-9(12-2)14-8/h3-4,7-9,11H,5H2,1-2H3/t7-,8+,9-/m0/s1. The van der Waals surface area contributed by atoms with Gasteiger partial charge in [-0.15, -0.1) is 0 Å². The molecule has 0 spiro atoms. The Kier molecular flexibility index (Phi) is 4.06. The van der Waals surface area contributed by atoms with E-state index >= 15 is 0 Å². The Morgan fingerprint density at radius 2 is 2.29 bits per heavy atom. The quantitative estimate of drug-likeness (QED) is 0.508. The summed E-state index contributed by atoms with van der Waals surface area (Å²) >= 11 is 0. The van der Waals surface area contributed by atoms with Gasteiger partial charge < -0.3 is 19.3 Å². The Morgan fingerprint density at radius 1 is 1.57 bits per heavy atom. The number of carbonyl (C=O) groups excluding carboxylic acids is 1. The smallest absolute Gasteiger partial charge is 0.302 e. The zero-order valence-electron chi connectivity index (χ0n) is 8.17. The van der Waals surface area contributed by atoms with Crippen molar-refractivity contribution in [1.82, 2.24) is 0 Å². The average Bonchev–Trinajstić information content (AvgIpc) is 2.16. The van der Waals surface area contributed by atoms with E-state index in [4.69, 9.17) is 14.2 Å². The van der Waals surface area contributed by atoms with Crippen molar-refractivity contribution in [2.45, 2.75) is 25.4 Å². The zero-order valence-corrected chi connectivity index (χ0v) is 8.17. The number of rotatable bonds is 3. The highest BCUT2D eigenvalue weighted by atomic mass is 16.7. The third-order valence-electron chi connectivity index (χ3n) is 1.84. The number of hydrogen-bond acceptors (Lipinski definition) is 5. The third-order valence-corrected chi connectivity index (χ3v) is 1.84. The Bertz CT molecular complexity index is 225. The lowest BCUT2D eigenvalue weighted by Crippen LogP contribution is -2.39. The van der Waals surface area contributed by atoms with Crippen LogP contribution in [0.4, 0.5) is 0 Å². The second-order valence-electron chi connectivity index (χ2n) is 2.96. The summed E-state index contributed by atoms with van der Waals surface area (Å²) < 4.78 is 14.9. The highest BCUT2D eigenvalue weighted by Gasteiger charge is 2.26. The van der Waals surface area contributed by atoms with Crippen molar-refractivity contribution in [3.05, 3.63) is 12.2 Å². The van der Waals surface area contributed by atoms with E-state index in [0.717, 1.165) is 0 Å². The molecule has 1 heterocycles. The van der Waals surface area contributed by atoms with Crippen molar-refractivity contribution in [2.75, 3.05) is 13.7 Å². The summed E-state index contributed by atoms with van der Waals surface area (Å²) in [6, 6.07) is 0. The highest BCUT2D eigenvalue weighted by molar-refractivity contribution is 5.65. The van der Waals surface area contributed by atoms with Crippen LogP contribution in [0.15, 0.2) is 12.2 Å². The molecule has 0 unspecified atom stereocenters. The maximum atomic E-state index is 10.5. The van der Waals surface area contributed by atoms with Crippen LogP contribution in [0.2, 0.25) is 0 Å². The summed E-state index contributed by atoms with van der Waals surface area (Å²) in [7, 11) is 1.50.